The number of ether oxygens (including phenoxy) is 2. The van der Waals surface area contributed by atoms with E-state index < -0.39 is 16.0 Å². The summed E-state index contributed by atoms with van der Waals surface area (Å²) >= 11 is 0. The molecule has 142 valence electrons. The number of hydrogen-bond donors (Lipinski definition) is 1. The number of H-pyrrole nitrogens is 1. The van der Waals surface area contributed by atoms with Crippen LogP contribution in [0.25, 0.3) is 22.2 Å². The predicted molar refractivity (Wildman–Crippen MR) is 98.1 cm³/mol. The van der Waals surface area contributed by atoms with Crippen molar-refractivity contribution < 1.29 is 22.7 Å². The van der Waals surface area contributed by atoms with Crippen molar-refractivity contribution in [2.75, 3.05) is 28.3 Å². The van der Waals surface area contributed by atoms with E-state index in [1.807, 2.05) is 0 Å². The third-order valence-electron chi connectivity index (χ3n) is 4.08. The first-order valence-electron chi connectivity index (χ1n) is 7.83. The molecule has 1 N–H and O–H groups in total. The van der Waals surface area contributed by atoms with E-state index in [4.69, 9.17) is 9.47 Å². The maximum absolute atomic E-state index is 12.7. The van der Waals surface area contributed by atoms with Gasteiger partial charge in [-0.05, 0) is 29.8 Å². The quantitative estimate of drug-likeness (QED) is 0.659. The van der Waals surface area contributed by atoms with Crippen LogP contribution in [0, 0.1) is 0 Å². The van der Waals surface area contributed by atoms with E-state index in [9.17, 15) is 13.2 Å². The first-order chi connectivity index (χ1) is 12.8. The average Bonchev–Trinajstić information content (AvgIpc) is 3.14. The fourth-order valence-corrected chi connectivity index (χ4v) is 3.72. The summed E-state index contributed by atoms with van der Waals surface area (Å²) in [6.07, 6.45) is 0. The summed E-state index contributed by atoms with van der Waals surface area (Å²) in [4.78, 5) is 12.0. The van der Waals surface area contributed by atoms with Crippen LogP contribution in [0.2, 0.25) is 0 Å². The molecule has 0 amide bonds. The van der Waals surface area contributed by atoms with Gasteiger partial charge in [-0.15, -0.1) is 0 Å². The molecule has 0 saturated heterocycles. The Balaban J connectivity index is 2.29. The van der Waals surface area contributed by atoms with Crippen LogP contribution < -0.4 is 4.74 Å². The van der Waals surface area contributed by atoms with Crippen molar-refractivity contribution >= 4 is 27.0 Å². The molecule has 0 spiro atoms. The van der Waals surface area contributed by atoms with Crippen molar-refractivity contribution in [1.82, 2.24) is 19.7 Å². The molecule has 9 nitrogen and oxygen atoms in total. The Hall–Kier alpha value is -2.98. The van der Waals surface area contributed by atoms with Crippen molar-refractivity contribution in [2.45, 2.75) is 4.90 Å². The minimum Gasteiger partial charge on any atom is -0.495 e. The molecule has 0 fully saturated rings. The molecule has 1 aromatic heterocycles. The molecular weight excluding hydrogens is 372 g/mol. The topological polar surface area (TPSA) is 114 Å². The molecule has 0 saturated carbocycles. The smallest absolute Gasteiger partial charge is 0.337 e. The first-order valence-corrected chi connectivity index (χ1v) is 9.27. The summed E-state index contributed by atoms with van der Waals surface area (Å²) in [6.45, 7) is 0. The summed E-state index contributed by atoms with van der Waals surface area (Å²) in [6, 6.07) is 7.87. The number of sulfonamides is 1. The van der Waals surface area contributed by atoms with Gasteiger partial charge >= 0.3 is 5.97 Å². The largest absolute Gasteiger partial charge is 0.495 e. The van der Waals surface area contributed by atoms with Gasteiger partial charge in [-0.3, -0.25) is 0 Å². The second-order valence-electron chi connectivity index (χ2n) is 5.86. The Morgan fingerprint density at radius 1 is 1.11 bits per heavy atom. The number of aromatic nitrogens is 3. The number of carbonyl (C=O) groups excluding carboxylic acids is 1. The van der Waals surface area contributed by atoms with E-state index in [1.165, 1.54) is 34.4 Å². The molecule has 0 unspecified atom stereocenters. The highest BCUT2D eigenvalue weighted by Gasteiger charge is 2.24. The fraction of sp³-hybridized carbons (Fsp3) is 0.235. The van der Waals surface area contributed by atoms with Gasteiger partial charge in [0.1, 0.15) is 21.7 Å². The van der Waals surface area contributed by atoms with Crippen molar-refractivity contribution in [1.29, 1.82) is 0 Å². The minimum atomic E-state index is -3.75. The number of methoxy groups -OCH3 is 2. The van der Waals surface area contributed by atoms with Gasteiger partial charge in [0.25, 0.3) is 0 Å². The molecule has 0 atom stereocenters. The van der Waals surface area contributed by atoms with Crippen LogP contribution in [-0.4, -0.2) is 62.4 Å². The van der Waals surface area contributed by atoms with Crippen LogP contribution in [-0.2, 0) is 14.8 Å². The lowest BCUT2D eigenvalue weighted by Crippen LogP contribution is -2.22. The van der Waals surface area contributed by atoms with Gasteiger partial charge in [0.05, 0.1) is 19.8 Å². The molecule has 0 aliphatic heterocycles. The monoisotopic (exact) mass is 390 g/mol. The molecule has 3 aromatic rings. The first kappa shape index (κ1) is 18.8. The summed E-state index contributed by atoms with van der Waals surface area (Å²) in [5.74, 6) is -0.316. The molecule has 0 radical (unpaired) electrons. The predicted octanol–water partition coefficient (Wildman–Crippen LogP) is 1.67. The van der Waals surface area contributed by atoms with E-state index in [2.05, 4.69) is 15.4 Å². The van der Waals surface area contributed by atoms with Gasteiger partial charge in [0.2, 0.25) is 10.0 Å². The second-order valence-corrected chi connectivity index (χ2v) is 7.98. The number of esters is 1. The zero-order chi connectivity index (χ0) is 19.8. The van der Waals surface area contributed by atoms with Crippen molar-refractivity contribution in [2.24, 2.45) is 0 Å². The average molecular weight is 390 g/mol. The molecule has 10 heteroatoms. The van der Waals surface area contributed by atoms with Crippen LogP contribution in [0.15, 0.2) is 35.2 Å². The number of fused-ring (bicyclic) bond motifs is 1. The Morgan fingerprint density at radius 3 is 2.48 bits per heavy atom. The summed E-state index contributed by atoms with van der Waals surface area (Å²) in [5, 5.41) is 10.6. The van der Waals surface area contributed by atoms with Gasteiger partial charge in [-0.25, -0.2) is 17.5 Å². The van der Waals surface area contributed by atoms with E-state index in [0.29, 0.717) is 22.2 Å². The summed E-state index contributed by atoms with van der Waals surface area (Å²) < 4.78 is 36.4. The molecule has 0 aliphatic rings. The zero-order valence-corrected chi connectivity index (χ0v) is 16.0. The molecule has 1 heterocycles. The zero-order valence-electron chi connectivity index (χ0n) is 15.2. The second kappa shape index (κ2) is 6.97. The molecule has 3 rings (SSSR count). The maximum Gasteiger partial charge on any atom is 0.337 e. The van der Waals surface area contributed by atoms with Crippen LogP contribution in [0.5, 0.6) is 5.75 Å². The molecule has 0 aliphatic carbocycles. The maximum atomic E-state index is 12.7. The number of nitrogens with one attached hydrogen (secondary N) is 1. The molecule has 0 bridgehead atoms. The standard InChI is InChI=1S/C17H18N4O5S/c1-21(2)27(23,24)15-9-10(5-6-14(15)25-3)12-7-11(17(22)26-4)8-13-16(12)19-20-18-13/h5-9H,1-4H3,(H,18,19,20). The van der Waals surface area contributed by atoms with Gasteiger partial charge < -0.3 is 9.47 Å². The highest BCUT2D eigenvalue weighted by atomic mass is 32.2. The van der Waals surface area contributed by atoms with Crippen LogP contribution in [0.4, 0.5) is 0 Å². The van der Waals surface area contributed by atoms with E-state index in [0.717, 1.165) is 4.31 Å². The summed E-state index contributed by atoms with van der Waals surface area (Å²) in [5.41, 5.74) is 2.32. The lowest BCUT2D eigenvalue weighted by atomic mass is 10.0. The van der Waals surface area contributed by atoms with E-state index >= 15 is 0 Å². The number of aromatic amines is 1. The number of benzene rings is 2. The highest BCUT2D eigenvalue weighted by Crippen LogP contribution is 2.34. The molecule has 2 aromatic carbocycles. The third kappa shape index (κ3) is 3.24. The highest BCUT2D eigenvalue weighted by molar-refractivity contribution is 7.89. The van der Waals surface area contributed by atoms with Crippen LogP contribution in [0.3, 0.4) is 0 Å². The van der Waals surface area contributed by atoms with E-state index in [-0.39, 0.29) is 16.2 Å². The van der Waals surface area contributed by atoms with Crippen molar-refractivity contribution in [3.63, 3.8) is 0 Å². The van der Waals surface area contributed by atoms with Crippen molar-refractivity contribution in [3.05, 3.63) is 35.9 Å². The number of nitrogens with zero attached hydrogens (tertiary/aromatic N) is 3. The number of carbonyl (C=O) groups is 1. The number of rotatable bonds is 5. The minimum absolute atomic E-state index is 0.00705. The normalized spacial score (nSPS) is 11.7. The SMILES string of the molecule is COC(=O)c1cc(-c2ccc(OC)c(S(=O)(=O)N(C)C)c2)c2n[nH]nc2c1. The Labute approximate surface area is 155 Å². The van der Waals surface area contributed by atoms with Crippen molar-refractivity contribution in [3.8, 4) is 16.9 Å². The molecule has 27 heavy (non-hydrogen) atoms. The fourth-order valence-electron chi connectivity index (χ4n) is 2.65. The van der Waals surface area contributed by atoms with Gasteiger partial charge in [-0.1, -0.05) is 6.07 Å². The third-order valence-corrected chi connectivity index (χ3v) is 5.91. The Bertz CT molecular complexity index is 1120. The van der Waals surface area contributed by atoms with Crippen LogP contribution >= 0.6 is 0 Å². The lowest BCUT2D eigenvalue weighted by molar-refractivity contribution is 0.0601. The van der Waals surface area contributed by atoms with Crippen LogP contribution in [0.1, 0.15) is 10.4 Å². The molecular formula is C17H18N4O5S. The van der Waals surface area contributed by atoms with Gasteiger partial charge in [0.15, 0.2) is 0 Å². The van der Waals surface area contributed by atoms with Gasteiger partial charge in [-0.2, -0.15) is 15.4 Å². The Morgan fingerprint density at radius 2 is 1.85 bits per heavy atom. The van der Waals surface area contributed by atoms with Gasteiger partial charge in [0, 0.05) is 19.7 Å². The Kier molecular flexibility index (Phi) is 4.85. The van der Waals surface area contributed by atoms with E-state index in [1.54, 1.807) is 24.3 Å². The lowest BCUT2D eigenvalue weighted by Gasteiger charge is -2.16. The number of hydrogen-bond acceptors (Lipinski definition) is 7. The summed E-state index contributed by atoms with van der Waals surface area (Å²) in [7, 11) is 1.81.